The predicted molar refractivity (Wildman–Crippen MR) is 132 cm³/mol. The van der Waals surface area contributed by atoms with Crippen LogP contribution < -0.4 is 10.9 Å². The summed E-state index contributed by atoms with van der Waals surface area (Å²) >= 11 is 1.51. The molecule has 0 spiro atoms. The maximum absolute atomic E-state index is 13.4. The predicted octanol–water partition coefficient (Wildman–Crippen LogP) is 2.82. The van der Waals surface area contributed by atoms with Gasteiger partial charge in [0.25, 0.3) is 11.5 Å². The molecule has 12 heteroatoms. The molecule has 4 aromatic heterocycles. The number of aromatic nitrogens is 5. The van der Waals surface area contributed by atoms with Crippen LogP contribution in [-0.2, 0) is 17.9 Å². The van der Waals surface area contributed by atoms with Gasteiger partial charge in [-0.3, -0.25) is 19.4 Å². The smallest absolute Gasteiger partial charge is 0.280 e. The number of amides is 2. The summed E-state index contributed by atoms with van der Waals surface area (Å²) in [4.78, 5) is 50.3. The molecule has 36 heavy (non-hydrogen) atoms. The van der Waals surface area contributed by atoms with Gasteiger partial charge < -0.3 is 14.8 Å². The summed E-state index contributed by atoms with van der Waals surface area (Å²) in [5.74, 6) is -1.19. The lowest BCUT2D eigenvalue weighted by atomic mass is 10.2. The van der Waals surface area contributed by atoms with Crippen molar-refractivity contribution in [3.63, 3.8) is 0 Å². The number of carbonyl (C=O) groups is 2. The lowest BCUT2D eigenvalue weighted by molar-refractivity contribution is -0.116. The van der Waals surface area contributed by atoms with Crippen molar-refractivity contribution in [1.82, 2.24) is 29.0 Å². The summed E-state index contributed by atoms with van der Waals surface area (Å²) in [6.07, 6.45) is 6.26. The maximum atomic E-state index is 13.4. The number of pyridine rings is 2. The first-order valence-electron chi connectivity index (χ1n) is 11.1. The Morgan fingerprint density at radius 2 is 2.03 bits per heavy atom. The number of hydrogen-bond acceptors (Lipinski definition) is 7. The van der Waals surface area contributed by atoms with Crippen LogP contribution in [-0.4, -0.2) is 53.2 Å². The highest BCUT2D eigenvalue weighted by molar-refractivity contribution is 7.98. The van der Waals surface area contributed by atoms with Gasteiger partial charge in [0.15, 0.2) is 0 Å². The molecule has 2 amide bonds. The summed E-state index contributed by atoms with van der Waals surface area (Å²) in [7, 11) is 0. The largest absolute Gasteiger partial charge is 0.330 e. The first-order valence-corrected chi connectivity index (χ1v) is 12.4. The normalized spacial score (nSPS) is 13.0. The molecule has 5 rings (SSSR count). The van der Waals surface area contributed by atoms with Crippen molar-refractivity contribution in [2.24, 2.45) is 0 Å². The summed E-state index contributed by atoms with van der Waals surface area (Å²) in [5.41, 5.74) is 1.55. The van der Waals surface area contributed by atoms with Crippen LogP contribution in [0.25, 0.3) is 16.9 Å². The Labute approximate surface area is 209 Å². The van der Waals surface area contributed by atoms with E-state index in [1.807, 2.05) is 26.2 Å². The van der Waals surface area contributed by atoms with Crippen LogP contribution in [0.4, 0.5) is 10.2 Å². The fourth-order valence-corrected chi connectivity index (χ4v) is 4.80. The minimum atomic E-state index is -0.529. The standard InChI is InChI=1S/C24H22FN7O3S/c1-13(2)30-11-16-22(24(30)35)31(12-20(33)28-19-5-4-14(25)9-27-19)21-8-17(29-32(21)23(16)34)15-10-26-7-6-18(15)36-3/h4-10,13H,11-12H2,1-3H3,(H,27,28,33). The van der Waals surface area contributed by atoms with Gasteiger partial charge in [-0.05, 0) is 38.3 Å². The van der Waals surface area contributed by atoms with E-state index in [0.29, 0.717) is 11.3 Å². The number of thioether (sulfide) groups is 1. The molecule has 0 fully saturated rings. The third kappa shape index (κ3) is 4.02. The Morgan fingerprint density at radius 1 is 1.22 bits per heavy atom. The Kier molecular flexibility index (Phi) is 6.04. The molecule has 0 bridgehead atoms. The van der Waals surface area contributed by atoms with Crippen LogP contribution in [0.5, 0.6) is 0 Å². The molecule has 1 aliphatic heterocycles. The van der Waals surface area contributed by atoms with E-state index < -0.39 is 17.3 Å². The van der Waals surface area contributed by atoms with Crippen molar-refractivity contribution < 1.29 is 14.0 Å². The average molecular weight is 508 g/mol. The van der Waals surface area contributed by atoms with E-state index in [-0.39, 0.29) is 42.1 Å². The zero-order valence-electron chi connectivity index (χ0n) is 19.7. The number of halogens is 1. The van der Waals surface area contributed by atoms with E-state index in [1.54, 1.807) is 23.4 Å². The number of anilines is 1. The number of nitrogens with one attached hydrogen (secondary N) is 1. The molecule has 4 aromatic rings. The van der Waals surface area contributed by atoms with E-state index in [4.69, 9.17) is 0 Å². The van der Waals surface area contributed by atoms with E-state index >= 15 is 0 Å². The highest BCUT2D eigenvalue weighted by atomic mass is 32.2. The molecule has 0 aromatic carbocycles. The zero-order valence-corrected chi connectivity index (χ0v) is 20.5. The molecule has 10 nitrogen and oxygen atoms in total. The number of nitrogens with zero attached hydrogens (tertiary/aromatic N) is 6. The van der Waals surface area contributed by atoms with Crippen LogP contribution in [0.1, 0.15) is 29.9 Å². The molecule has 0 unspecified atom stereocenters. The van der Waals surface area contributed by atoms with Crippen LogP contribution in [0.15, 0.2) is 52.5 Å². The van der Waals surface area contributed by atoms with Crippen LogP contribution in [0.3, 0.4) is 0 Å². The lowest BCUT2D eigenvalue weighted by Crippen LogP contribution is -2.32. The molecule has 1 aliphatic rings. The van der Waals surface area contributed by atoms with Crippen molar-refractivity contribution >= 4 is 35.0 Å². The molecule has 0 saturated heterocycles. The highest BCUT2D eigenvalue weighted by Crippen LogP contribution is 2.30. The van der Waals surface area contributed by atoms with Gasteiger partial charge in [-0.25, -0.2) is 9.37 Å². The van der Waals surface area contributed by atoms with Crippen LogP contribution in [0, 0.1) is 5.82 Å². The van der Waals surface area contributed by atoms with E-state index in [9.17, 15) is 18.8 Å². The van der Waals surface area contributed by atoms with E-state index in [0.717, 1.165) is 16.7 Å². The molecule has 0 saturated carbocycles. The van der Waals surface area contributed by atoms with Gasteiger partial charge in [0.05, 0.1) is 24.0 Å². The van der Waals surface area contributed by atoms with Crippen LogP contribution >= 0.6 is 11.8 Å². The molecule has 0 aliphatic carbocycles. The van der Waals surface area contributed by atoms with Crippen molar-refractivity contribution in [3.05, 3.63) is 70.3 Å². The molecule has 1 N–H and O–H groups in total. The molecule has 5 heterocycles. The second kappa shape index (κ2) is 9.19. The Morgan fingerprint density at radius 3 is 2.72 bits per heavy atom. The Balaban J connectivity index is 1.65. The first-order chi connectivity index (χ1) is 17.3. The summed E-state index contributed by atoms with van der Waals surface area (Å²) < 4.78 is 15.9. The topological polar surface area (TPSA) is 114 Å². The molecule has 184 valence electrons. The quantitative estimate of drug-likeness (QED) is 0.399. The number of rotatable bonds is 6. The van der Waals surface area contributed by atoms with Crippen molar-refractivity contribution in [3.8, 4) is 11.3 Å². The molecule has 0 radical (unpaired) electrons. The van der Waals surface area contributed by atoms with Gasteiger partial charge in [0.2, 0.25) is 5.91 Å². The van der Waals surface area contributed by atoms with Gasteiger partial charge in [-0.2, -0.15) is 9.61 Å². The molecule has 0 atom stereocenters. The van der Waals surface area contributed by atoms with Gasteiger partial charge in [-0.1, -0.05) is 0 Å². The second-order valence-electron chi connectivity index (χ2n) is 8.53. The first kappa shape index (κ1) is 23.7. The SMILES string of the molecule is CSc1ccncc1-c1cc2n(CC(=O)Nc3ccc(F)cn3)c3c(c(=O)n2n1)CN(C(C)C)C3=O. The van der Waals surface area contributed by atoms with Gasteiger partial charge in [-0.15, -0.1) is 11.8 Å². The minimum absolute atomic E-state index is 0.125. The fraction of sp³-hybridized carbons (Fsp3) is 0.250. The number of carbonyl (C=O) groups excluding carboxylic acids is 2. The highest BCUT2D eigenvalue weighted by Gasteiger charge is 2.36. The summed E-state index contributed by atoms with van der Waals surface area (Å²) in [6.45, 7) is 3.57. The van der Waals surface area contributed by atoms with E-state index in [2.05, 4.69) is 20.4 Å². The van der Waals surface area contributed by atoms with Crippen molar-refractivity contribution in [1.29, 1.82) is 0 Å². The summed E-state index contributed by atoms with van der Waals surface area (Å²) in [5, 5.41) is 7.15. The average Bonchev–Trinajstić information content (AvgIpc) is 3.46. The van der Waals surface area contributed by atoms with Crippen molar-refractivity contribution in [2.45, 2.75) is 37.9 Å². The monoisotopic (exact) mass is 507 g/mol. The third-order valence-corrected chi connectivity index (χ3v) is 6.76. The van der Waals surface area contributed by atoms with Gasteiger partial charge in [0, 0.05) is 35.0 Å². The van der Waals surface area contributed by atoms with Crippen LogP contribution in [0.2, 0.25) is 0 Å². The van der Waals surface area contributed by atoms with E-state index in [1.165, 1.54) is 33.0 Å². The molecular weight excluding hydrogens is 485 g/mol. The Hall–Kier alpha value is -4.06. The fourth-order valence-electron chi connectivity index (χ4n) is 4.22. The number of hydrogen-bond donors (Lipinski definition) is 1. The van der Waals surface area contributed by atoms with Gasteiger partial charge >= 0.3 is 0 Å². The minimum Gasteiger partial charge on any atom is -0.330 e. The molecular formula is C24H22FN7O3S. The lowest BCUT2D eigenvalue weighted by Gasteiger charge is -2.20. The van der Waals surface area contributed by atoms with Crippen molar-refractivity contribution in [2.75, 3.05) is 11.6 Å². The third-order valence-electron chi connectivity index (χ3n) is 5.96. The number of fused-ring (bicyclic) bond motifs is 2. The zero-order chi connectivity index (χ0) is 25.6. The maximum Gasteiger partial charge on any atom is 0.280 e. The summed E-state index contributed by atoms with van der Waals surface area (Å²) in [6, 6.07) is 5.91. The second-order valence-corrected chi connectivity index (χ2v) is 9.38. The Bertz CT molecular complexity index is 1560. The van der Waals surface area contributed by atoms with Gasteiger partial charge in [0.1, 0.15) is 29.5 Å².